The number of benzene rings is 1. The van der Waals surface area contributed by atoms with E-state index >= 15 is 0 Å². The number of hydrogen-bond donors (Lipinski definition) is 2. The molecular formula is C25H36N6O4. The second-order valence-electron chi connectivity index (χ2n) is 9.41. The smallest absolute Gasteiger partial charge is 0.260 e. The summed E-state index contributed by atoms with van der Waals surface area (Å²) >= 11 is 0. The molecule has 4 rings (SSSR count). The molecule has 1 amide bonds. The number of anilines is 2. The minimum Gasteiger partial charge on any atom is -0.484 e. The molecule has 2 saturated heterocycles. The Labute approximate surface area is 206 Å². The van der Waals surface area contributed by atoms with Gasteiger partial charge in [0.25, 0.3) is 5.91 Å². The first-order chi connectivity index (χ1) is 16.9. The fraction of sp³-hybridized carbons (Fsp3) is 0.560. The normalized spacial score (nSPS) is 20.5. The molecule has 35 heavy (non-hydrogen) atoms. The van der Waals surface area contributed by atoms with Gasteiger partial charge in [0.2, 0.25) is 0 Å². The van der Waals surface area contributed by atoms with Crippen LogP contribution in [0.2, 0.25) is 0 Å². The zero-order chi connectivity index (χ0) is 24.7. The fourth-order valence-corrected chi connectivity index (χ4v) is 4.40. The molecule has 0 bridgehead atoms. The second kappa shape index (κ2) is 11.7. The average molecular weight is 485 g/mol. The van der Waals surface area contributed by atoms with Crippen LogP contribution in [-0.2, 0) is 16.1 Å². The number of carbonyl (C=O) groups excluding carboxylic acids is 1. The predicted octanol–water partition coefficient (Wildman–Crippen LogP) is 0.901. The largest absolute Gasteiger partial charge is 0.484 e. The van der Waals surface area contributed by atoms with Crippen molar-refractivity contribution in [2.24, 2.45) is 0 Å². The molecule has 2 aromatic rings. The van der Waals surface area contributed by atoms with Crippen molar-refractivity contribution < 1.29 is 19.4 Å². The minimum atomic E-state index is -0.829. The molecule has 2 aliphatic rings. The molecule has 190 valence electrons. The lowest BCUT2D eigenvalue weighted by atomic mass is 9.92. The molecule has 1 unspecified atom stereocenters. The van der Waals surface area contributed by atoms with Crippen LogP contribution >= 0.6 is 0 Å². The van der Waals surface area contributed by atoms with E-state index in [0.29, 0.717) is 51.7 Å². The Morgan fingerprint density at radius 1 is 1.20 bits per heavy atom. The minimum absolute atomic E-state index is 0.0197. The first-order valence-corrected chi connectivity index (χ1v) is 12.2. The highest BCUT2D eigenvalue weighted by atomic mass is 16.5. The van der Waals surface area contributed by atoms with E-state index in [1.807, 2.05) is 49.3 Å². The highest BCUT2D eigenvalue weighted by molar-refractivity contribution is 5.77. The Balaban J connectivity index is 1.23. The summed E-state index contributed by atoms with van der Waals surface area (Å²) in [5.74, 6) is 2.33. The van der Waals surface area contributed by atoms with E-state index in [2.05, 4.69) is 20.2 Å². The van der Waals surface area contributed by atoms with Gasteiger partial charge in [0.15, 0.2) is 6.61 Å². The van der Waals surface area contributed by atoms with Gasteiger partial charge in [0, 0.05) is 59.4 Å². The van der Waals surface area contributed by atoms with Crippen LogP contribution in [0.3, 0.4) is 0 Å². The van der Waals surface area contributed by atoms with Crippen molar-refractivity contribution in [2.45, 2.75) is 25.0 Å². The zero-order valence-corrected chi connectivity index (χ0v) is 20.7. The third-order valence-corrected chi connectivity index (χ3v) is 6.41. The van der Waals surface area contributed by atoms with Crippen molar-refractivity contribution in [3.8, 4) is 5.75 Å². The summed E-state index contributed by atoms with van der Waals surface area (Å²) < 4.78 is 10.9. The van der Waals surface area contributed by atoms with Crippen LogP contribution in [0.1, 0.15) is 18.4 Å². The molecule has 10 heteroatoms. The van der Waals surface area contributed by atoms with Gasteiger partial charge < -0.3 is 34.6 Å². The molecule has 0 aliphatic carbocycles. The SMILES string of the molecule is CN(C)c1cc(N2CCCC(O)(CNCc3ccc(OCC(=O)N4CCOCC4)cc3)C2)ncn1. The number of hydrogen-bond acceptors (Lipinski definition) is 9. The number of amides is 1. The van der Waals surface area contributed by atoms with Crippen LogP contribution < -0.4 is 19.9 Å². The summed E-state index contributed by atoms with van der Waals surface area (Å²) in [6.07, 6.45) is 3.21. The molecule has 0 saturated carbocycles. The molecule has 0 radical (unpaired) electrons. The number of rotatable bonds is 9. The highest BCUT2D eigenvalue weighted by Crippen LogP contribution is 2.26. The maximum Gasteiger partial charge on any atom is 0.260 e. The summed E-state index contributed by atoms with van der Waals surface area (Å²) in [6.45, 7) is 4.94. The molecule has 1 aromatic heterocycles. The number of nitrogens with zero attached hydrogens (tertiary/aromatic N) is 5. The van der Waals surface area contributed by atoms with Crippen LogP contribution in [0.5, 0.6) is 5.75 Å². The Morgan fingerprint density at radius 2 is 1.97 bits per heavy atom. The third kappa shape index (κ3) is 7.03. The topological polar surface area (TPSA) is 103 Å². The van der Waals surface area contributed by atoms with Crippen molar-refractivity contribution in [3.05, 3.63) is 42.2 Å². The van der Waals surface area contributed by atoms with Gasteiger partial charge in [-0.15, -0.1) is 0 Å². The summed E-state index contributed by atoms with van der Waals surface area (Å²) in [7, 11) is 3.90. The molecular weight excluding hydrogens is 448 g/mol. The maximum absolute atomic E-state index is 12.2. The number of aromatic nitrogens is 2. The number of morpholine rings is 1. The van der Waals surface area contributed by atoms with Gasteiger partial charge in [-0.1, -0.05) is 12.1 Å². The summed E-state index contributed by atoms with van der Waals surface area (Å²) in [4.78, 5) is 26.8. The summed E-state index contributed by atoms with van der Waals surface area (Å²) in [5, 5.41) is 14.6. The first-order valence-electron chi connectivity index (χ1n) is 12.2. The quantitative estimate of drug-likeness (QED) is 0.537. The van der Waals surface area contributed by atoms with E-state index in [4.69, 9.17) is 9.47 Å². The molecule has 3 heterocycles. The Kier molecular flexibility index (Phi) is 8.37. The standard InChI is InChI=1S/C25H36N6O4/c1-29(2)22-14-23(28-19-27-22)31-9-3-8-25(33,18-31)17-26-15-20-4-6-21(7-5-20)35-16-24(32)30-10-12-34-13-11-30/h4-7,14,19,26,33H,3,8-13,15-18H2,1-2H3. The first kappa shape index (κ1) is 25.2. The van der Waals surface area contributed by atoms with Crippen LogP contribution in [0.4, 0.5) is 11.6 Å². The predicted molar refractivity (Wildman–Crippen MR) is 134 cm³/mol. The van der Waals surface area contributed by atoms with Gasteiger partial charge in [-0.05, 0) is 30.5 Å². The van der Waals surface area contributed by atoms with Gasteiger partial charge in [-0.3, -0.25) is 4.79 Å². The Bertz CT molecular complexity index is 967. The van der Waals surface area contributed by atoms with Crippen molar-refractivity contribution in [1.29, 1.82) is 0 Å². The number of piperidine rings is 1. The number of β-amino-alcohol motifs (C(OH)–C–C–N with tert-alkyl or cyclic N) is 1. The number of carbonyl (C=O) groups is 1. The van der Waals surface area contributed by atoms with E-state index in [-0.39, 0.29) is 12.5 Å². The molecule has 0 spiro atoms. The lowest BCUT2D eigenvalue weighted by Crippen LogP contribution is -2.53. The molecule has 1 aromatic carbocycles. The van der Waals surface area contributed by atoms with Gasteiger partial charge in [0.05, 0.1) is 18.8 Å². The Morgan fingerprint density at radius 3 is 2.71 bits per heavy atom. The molecule has 2 N–H and O–H groups in total. The van der Waals surface area contributed by atoms with E-state index < -0.39 is 5.60 Å². The monoisotopic (exact) mass is 484 g/mol. The van der Waals surface area contributed by atoms with E-state index in [9.17, 15) is 9.90 Å². The number of nitrogens with one attached hydrogen (secondary N) is 1. The van der Waals surface area contributed by atoms with Crippen molar-refractivity contribution in [2.75, 3.05) is 76.4 Å². The lowest BCUT2D eigenvalue weighted by Gasteiger charge is -2.40. The van der Waals surface area contributed by atoms with Crippen LogP contribution in [0.15, 0.2) is 36.7 Å². The van der Waals surface area contributed by atoms with Crippen LogP contribution in [0, 0.1) is 0 Å². The summed E-state index contributed by atoms with van der Waals surface area (Å²) in [6, 6.07) is 9.65. The molecule has 2 aliphatic heterocycles. The van der Waals surface area contributed by atoms with E-state index in [0.717, 1.165) is 36.6 Å². The van der Waals surface area contributed by atoms with Gasteiger partial charge in [0.1, 0.15) is 23.7 Å². The van der Waals surface area contributed by atoms with Crippen LogP contribution in [0.25, 0.3) is 0 Å². The van der Waals surface area contributed by atoms with Gasteiger partial charge in [-0.2, -0.15) is 0 Å². The average Bonchev–Trinajstić information content (AvgIpc) is 2.88. The highest BCUT2D eigenvalue weighted by Gasteiger charge is 2.33. The second-order valence-corrected chi connectivity index (χ2v) is 9.41. The van der Waals surface area contributed by atoms with Gasteiger partial charge in [-0.25, -0.2) is 9.97 Å². The van der Waals surface area contributed by atoms with Crippen molar-refractivity contribution in [3.63, 3.8) is 0 Å². The summed E-state index contributed by atoms with van der Waals surface area (Å²) in [5.41, 5.74) is 0.254. The van der Waals surface area contributed by atoms with Crippen molar-refractivity contribution in [1.82, 2.24) is 20.2 Å². The lowest BCUT2D eigenvalue weighted by molar-refractivity contribution is -0.137. The molecule has 1 atom stereocenters. The molecule has 10 nitrogen and oxygen atoms in total. The maximum atomic E-state index is 12.2. The van der Waals surface area contributed by atoms with Crippen molar-refractivity contribution >= 4 is 17.5 Å². The Hall–Kier alpha value is -2.95. The van der Waals surface area contributed by atoms with Crippen LogP contribution in [-0.4, -0.2) is 98.1 Å². The van der Waals surface area contributed by atoms with E-state index in [1.54, 1.807) is 11.2 Å². The number of aliphatic hydroxyl groups is 1. The van der Waals surface area contributed by atoms with Gasteiger partial charge >= 0.3 is 0 Å². The number of ether oxygens (including phenoxy) is 2. The third-order valence-electron chi connectivity index (χ3n) is 6.41. The zero-order valence-electron chi connectivity index (χ0n) is 20.7. The van der Waals surface area contributed by atoms with E-state index in [1.165, 1.54) is 0 Å². The fourth-order valence-electron chi connectivity index (χ4n) is 4.40. The molecule has 2 fully saturated rings.